The number of hydrogen-bond acceptors (Lipinski definition) is 4. The van der Waals surface area contributed by atoms with Crippen LogP contribution in [0.2, 0.25) is 0 Å². The van der Waals surface area contributed by atoms with Crippen molar-refractivity contribution in [3.8, 4) is 0 Å². The van der Waals surface area contributed by atoms with E-state index in [4.69, 9.17) is 11.6 Å². The monoisotopic (exact) mass is 336 g/mol. The second-order valence-corrected chi connectivity index (χ2v) is 8.33. The third-order valence-corrected chi connectivity index (χ3v) is 7.38. The number of alkyl halides is 1. The Hall–Kier alpha value is -0.140. The van der Waals surface area contributed by atoms with Crippen molar-refractivity contribution in [2.24, 2.45) is 0 Å². The maximum atomic E-state index is 12.6. The lowest BCUT2D eigenvalue weighted by Gasteiger charge is -2.35. The van der Waals surface area contributed by atoms with E-state index in [2.05, 4.69) is 11.8 Å². The Morgan fingerprint density at radius 2 is 2.10 bits per heavy atom. The van der Waals surface area contributed by atoms with Gasteiger partial charge in [0.05, 0.1) is 10.8 Å². The van der Waals surface area contributed by atoms with Gasteiger partial charge in [-0.3, -0.25) is 0 Å². The first-order valence-electron chi connectivity index (χ1n) is 6.82. The summed E-state index contributed by atoms with van der Waals surface area (Å²) < 4.78 is 26.7. The summed E-state index contributed by atoms with van der Waals surface area (Å²) in [5.41, 5.74) is 0. The van der Waals surface area contributed by atoms with Gasteiger partial charge < -0.3 is 4.90 Å². The van der Waals surface area contributed by atoms with Gasteiger partial charge in [-0.15, -0.1) is 22.9 Å². The first-order valence-corrected chi connectivity index (χ1v) is 9.68. The van der Waals surface area contributed by atoms with Crippen LogP contribution in [0.25, 0.3) is 0 Å². The van der Waals surface area contributed by atoms with Gasteiger partial charge in [0.2, 0.25) is 10.0 Å². The minimum atomic E-state index is -3.39. The maximum absolute atomic E-state index is 12.6. The first-order chi connectivity index (χ1) is 9.48. The summed E-state index contributed by atoms with van der Waals surface area (Å²) in [6, 6.07) is 1.78. The van der Waals surface area contributed by atoms with Crippen LogP contribution in [0.3, 0.4) is 0 Å². The van der Waals surface area contributed by atoms with Crippen molar-refractivity contribution in [1.82, 2.24) is 9.21 Å². The Labute approximate surface area is 130 Å². The van der Waals surface area contributed by atoms with E-state index in [0.717, 1.165) is 37.4 Å². The Morgan fingerprint density at radius 1 is 1.45 bits per heavy atom. The number of sulfonamides is 1. The second-order valence-electron chi connectivity index (χ2n) is 5.07. The largest absolute Gasteiger partial charge is 0.303 e. The van der Waals surface area contributed by atoms with E-state index >= 15 is 0 Å². The molecule has 2 rings (SSSR count). The molecule has 7 heteroatoms. The fourth-order valence-corrected chi connectivity index (χ4v) is 5.32. The summed E-state index contributed by atoms with van der Waals surface area (Å²) in [6.07, 6.45) is 1.80. The van der Waals surface area contributed by atoms with E-state index in [9.17, 15) is 8.42 Å². The number of halogens is 1. The molecule has 114 valence electrons. The highest BCUT2D eigenvalue weighted by atomic mass is 35.5. The first kappa shape index (κ1) is 16.2. The van der Waals surface area contributed by atoms with Gasteiger partial charge in [-0.05, 0) is 38.5 Å². The van der Waals surface area contributed by atoms with E-state index in [0.29, 0.717) is 10.8 Å². The third kappa shape index (κ3) is 3.36. The molecular formula is C13H21ClN2O2S2. The molecule has 4 nitrogen and oxygen atoms in total. The normalized spacial score (nSPS) is 18.8. The van der Waals surface area contributed by atoms with Crippen LogP contribution >= 0.6 is 22.9 Å². The molecule has 0 aliphatic carbocycles. The van der Waals surface area contributed by atoms with Gasteiger partial charge in [0, 0.05) is 23.3 Å². The van der Waals surface area contributed by atoms with Gasteiger partial charge >= 0.3 is 0 Å². The lowest BCUT2D eigenvalue weighted by Crippen LogP contribution is -2.45. The fraction of sp³-hybridized carbons (Fsp3) is 0.692. The van der Waals surface area contributed by atoms with Crippen LogP contribution < -0.4 is 0 Å². The summed E-state index contributed by atoms with van der Waals surface area (Å²) in [6.45, 7) is 5.11. The molecule has 1 saturated heterocycles. The minimum Gasteiger partial charge on any atom is -0.303 e. The number of thiophene rings is 1. The number of likely N-dealkylation sites (tertiary alicyclic amines) is 1. The molecule has 1 aromatic rings. The smallest absolute Gasteiger partial charge is 0.243 e. The summed E-state index contributed by atoms with van der Waals surface area (Å²) >= 11 is 7.15. The highest BCUT2D eigenvalue weighted by Crippen LogP contribution is 2.26. The lowest BCUT2D eigenvalue weighted by molar-refractivity contribution is 0.176. The van der Waals surface area contributed by atoms with Gasteiger partial charge in [-0.2, -0.15) is 4.31 Å². The van der Waals surface area contributed by atoms with Crippen molar-refractivity contribution < 1.29 is 8.42 Å². The van der Waals surface area contributed by atoms with Gasteiger partial charge in [-0.25, -0.2) is 8.42 Å². The number of hydrogen-bond donors (Lipinski definition) is 0. The highest BCUT2D eigenvalue weighted by molar-refractivity contribution is 7.89. The van der Waals surface area contributed by atoms with E-state index in [1.807, 2.05) is 0 Å². The van der Waals surface area contributed by atoms with Gasteiger partial charge in [0.1, 0.15) is 0 Å². The predicted molar refractivity (Wildman–Crippen MR) is 84.0 cm³/mol. The van der Waals surface area contributed by atoms with Crippen LogP contribution in [0.1, 0.15) is 24.6 Å². The molecule has 0 saturated carbocycles. The molecule has 1 fully saturated rings. The molecule has 1 aliphatic rings. The van der Waals surface area contributed by atoms with Crippen molar-refractivity contribution >= 4 is 33.0 Å². The molecule has 1 aliphatic heterocycles. The maximum Gasteiger partial charge on any atom is 0.243 e. The summed E-state index contributed by atoms with van der Waals surface area (Å²) in [5, 5.41) is 1.69. The van der Waals surface area contributed by atoms with Crippen molar-refractivity contribution in [3.63, 3.8) is 0 Å². The van der Waals surface area contributed by atoms with E-state index in [1.165, 1.54) is 11.3 Å². The van der Waals surface area contributed by atoms with Crippen LogP contribution in [-0.4, -0.2) is 50.3 Å². The number of rotatable bonds is 5. The van der Waals surface area contributed by atoms with Crippen molar-refractivity contribution in [1.29, 1.82) is 0 Å². The zero-order valence-corrected chi connectivity index (χ0v) is 14.3. The molecule has 20 heavy (non-hydrogen) atoms. The Bertz CT molecular complexity index is 536. The molecular weight excluding hydrogens is 316 g/mol. The van der Waals surface area contributed by atoms with Crippen molar-refractivity contribution in [2.75, 3.05) is 26.7 Å². The molecule has 0 bridgehead atoms. The fourth-order valence-electron chi connectivity index (χ4n) is 2.53. The molecule has 0 amide bonds. The van der Waals surface area contributed by atoms with Gasteiger partial charge in [-0.1, -0.05) is 6.92 Å². The zero-order valence-electron chi connectivity index (χ0n) is 11.9. The quantitative estimate of drug-likeness (QED) is 0.776. The average Bonchev–Trinajstić information content (AvgIpc) is 2.96. The van der Waals surface area contributed by atoms with Crippen LogP contribution in [0, 0.1) is 0 Å². The third-order valence-electron chi connectivity index (χ3n) is 3.96. The summed E-state index contributed by atoms with van der Waals surface area (Å²) in [7, 11) is -1.69. The molecule has 1 aromatic heterocycles. The van der Waals surface area contributed by atoms with Crippen molar-refractivity contribution in [3.05, 3.63) is 16.3 Å². The highest BCUT2D eigenvalue weighted by Gasteiger charge is 2.31. The predicted octanol–water partition coefficient (Wildman–Crippen LogP) is 2.59. The molecule has 0 N–H and O–H groups in total. The molecule has 0 aromatic carbocycles. The Morgan fingerprint density at radius 3 is 2.60 bits per heavy atom. The summed E-state index contributed by atoms with van der Waals surface area (Å²) in [4.78, 5) is 3.62. The van der Waals surface area contributed by atoms with Crippen molar-refractivity contribution in [2.45, 2.75) is 36.6 Å². The minimum absolute atomic E-state index is 0.0992. The molecule has 0 radical (unpaired) electrons. The Balaban J connectivity index is 2.09. The standard InChI is InChI=1S/C13H21ClN2O2S2/c1-3-16-6-4-11(5-7-16)15(2)20(17,18)13-8-12(9-14)19-10-13/h8,10-11H,3-7,9H2,1-2H3. The van der Waals surface area contributed by atoms with Crippen LogP contribution in [0.15, 0.2) is 16.3 Å². The van der Waals surface area contributed by atoms with Crippen LogP contribution in [0.4, 0.5) is 0 Å². The van der Waals surface area contributed by atoms with E-state index in [1.54, 1.807) is 22.8 Å². The zero-order chi connectivity index (χ0) is 14.8. The van der Waals surface area contributed by atoms with E-state index in [-0.39, 0.29) is 6.04 Å². The molecule has 2 heterocycles. The SMILES string of the molecule is CCN1CCC(N(C)S(=O)(=O)c2csc(CCl)c2)CC1. The average molecular weight is 337 g/mol. The molecule has 0 unspecified atom stereocenters. The van der Waals surface area contributed by atoms with Gasteiger partial charge in [0.15, 0.2) is 0 Å². The molecule has 0 atom stereocenters. The lowest BCUT2D eigenvalue weighted by atomic mass is 10.1. The van der Waals surface area contributed by atoms with E-state index < -0.39 is 10.0 Å². The Kier molecular flexibility index (Phi) is 5.48. The number of nitrogens with zero attached hydrogens (tertiary/aromatic N) is 2. The van der Waals surface area contributed by atoms with Crippen LogP contribution in [0.5, 0.6) is 0 Å². The second kappa shape index (κ2) is 6.75. The number of piperidine rings is 1. The van der Waals surface area contributed by atoms with Gasteiger partial charge in [0.25, 0.3) is 0 Å². The van der Waals surface area contributed by atoms with Crippen LogP contribution in [-0.2, 0) is 15.9 Å². The molecule has 0 spiro atoms. The topological polar surface area (TPSA) is 40.6 Å². The summed E-state index contributed by atoms with van der Waals surface area (Å²) in [5.74, 6) is 0.360.